The van der Waals surface area contributed by atoms with E-state index in [9.17, 15) is 4.79 Å². The van der Waals surface area contributed by atoms with Crippen molar-refractivity contribution in [2.45, 2.75) is 20.4 Å². The summed E-state index contributed by atoms with van der Waals surface area (Å²) in [6.07, 6.45) is 0. The molecule has 0 saturated heterocycles. The van der Waals surface area contributed by atoms with Crippen molar-refractivity contribution in [3.05, 3.63) is 57.8 Å². The summed E-state index contributed by atoms with van der Waals surface area (Å²) >= 11 is 1.46. The molecule has 0 unspecified atom stereocenters. The first-order chi connectivity index (χ1) is 11.1. The molecule has 1 aliphatic heterocycles. The number of aliphatic imine (C=N–C) groups is 1. The van der Waals surface area contributed by atoms with Crippen LogP contribution in [0.2, 0.25) is 0 Å². The molecule has 1 amide bonds. The Labute approximate surface area is 140 Å². The van der Waals surface area contributed by atoms with Crippen molar-refractivity contribution < 1.29 is 4.79 Å². The van der Waals surface area contributed by atoms with E-state index in [4.69, 9.17) is 0 Å². The van der Waals surface area contributed by atoms with Gasteiger partial charge in [0.1, 0.15) is 5.84 Å². The molecule has 0 saturated carbocycles. The van der Waals surface area contributed by atoms with Gasteiger partial charge in [-0.15, -0.1) is 11.3 Å². The molecule has 1 aromatic carbocycles. The van der Waals surface area contributed by atoms with E-state index < -0.39 is 0 Å². The maximum absolute atomic E-state index is 12.0. The molecule has 5 heteroatoms. The number of amides is 1. The van der Waals surface area contributed by atoms with Crippen LogP contribution < -0.4 is 10.6 Å². The van der Waals surface area contributed by atoms with Crippen LogP contribution in [0.4, 0.5) is 0 Å². The molecule has 4 nitrogen and oxygen atoms in total. The van der Waals surface area contributed by atoms with Crippen molar-refractivity contribution in [2.24, 2.45) is 10.4 Å². The normalized spacial score (nSPS) is 13.4. The Kier molecular flexibility index (Phi) is 4.48. The van der Waals surface area contributed by atoms with Crippen LogP contribution in [0.3, 0.4) is 0 Å². The largest absolute Gasteiger partial charge is 0.369 e. The van der Waals surface area contributed by atoms with E-state index in [2.05, 4.69) is 41.6 Å². The second-order valence-corrected chi connectivity index (χ2v) is 7.45. The smallest absolute Gasteiger partial charge is 0.261 e. The van der Waals surface area contributed by atoms with Gasteiger partial charge < -0.3 is 10.6 Å². The molecule has 3 rings (SSSR count). The first-order valence-corrected chi connectivity index (χ1v) is 8.61. The first kappa shape index (κ1) is 15.7. The Hall–Kier alpha value is -2.14. The number of carbonyl (C=O) groups excluding carboxylic acids is 1. The Morgan fingerprint density at radius 3 is 2.83 bits per heavy atom. The van der Waals surface area contributed by atoms with Crippen LogP contribution in [0.25, 0.3) is 0 Å². The number of amidine groups is 1. The summed E-state index contributed by atoms with van der Waals surface area (Å²) in [6, 6.07) is 12.0. The predicted octanol–water partition coefficient (Wildman–Crippen LogP) is 3.05. The van der Waals surface area contributed by atoms with Crippen LogP contribution >= 0.6 is 11.3 Å². The third-order valence-corrected chi connectivity index (χ3v) is 4.76. The lowest BCUT2D eigenvalue weighted by Gasteiger charge is -2.26. The molecular formula is C18H21N3OS. The zero-order valence-electron chi connectivity index (χ0n) is 13.4. The molecule has 2 aromatic rings. The molecule has 1 aliphatic rings. The number of carbonyl (C=O) groups is 1. The van der Waals surface area contributed by atoms with E-state index in [0.717, 1.165) is 23.8 Å². The molecular weight excluding hydrogens is 306 g/mol. The van der Waals surface area contributed by atoms with Crippen LogP contribution in [-0.2, 0) is 6.54 Å². The average Bonchev–Trinajstić information content (AvgIpc) is 3.20. The fourth-order valence-corrected chi connectivity index (χ4v) is 3.13. The molecule has 0 radical (unpaired) electrons. The molecule has 2 N–H and O–H groups in total. The van der Waals surface area contributed by atoms with Crippen LogP contribution in [-0.4, -0.2) is 24.8 Å². The van der Waals surface area contributed by atoms with E-state index in [1.807, 2.05) is 29.6 Å². The number of rotatable bonds is 5. The van der Waals surface area contributed by atoms with Gasteiger partial charge in [-0.25, -0.2) is 0 Å². The van der Waals surface area contributed by atoms with Crippen LogP contribution in [0.5, 0.6) is 0 Å². The molecule has 2 heterocycles. The summed E-state index contributed by atoms with van der Waals surface area (Å²) in [7, 11) is 0. The van der Waals surface area contributed by atoms with E-state index in [1.54, 1.807) is 0 Å². The third kappa shape index (κ3) is 3.79. The number of fused-ring (bicyclic) bond motifs is 1. The molecule has 1 aromatic heterocycles. The summed E-state index contributed by atoms with van der Waals surface area (Å²) in [6.45, 7) is 6.39. The van der Waals surface area contributed by atoms with Crippen molar-refractivity contribution >= 4 is 23.1 Å². The number of hydrogen-bond donors (Lipinski definition) is 2. The second-order valence-electron chi connectivity index (χ2n) is 6.50. The van der Waals surface area contributed by atoms with Crippen molar-refractivity contribution in [3.63, 3.8) is 0 Å². The lowest BCUT2D eigenvalue weighted by Crippen LogP contribution is -2.41. The summed E-state index contributed by atoms with van der Waals surface area (Å²) in [5.41, 5.74) is 2.39. The molecule has 120 valence electrons. The highest BCUT2D eigenvalue weighted by Crippen LogP contribution is 2.19. The number of nitrogens with one attached hydrogen (secondary N) is 2. The second kappa shape index (κ2) is 6.54. The van der Waals surface area contributed by atoms with Crippen molar-refractivity contribution in [3.8, 4) is 0 Å². The van der Waals surface area contributed by atoms with E-state index in [-0.39, 0.29) is 11.3 Å². The molecule has 23 heavy (non-hydrogen) atoms. The highest BCUT2D eigenvalue weighted by atomic mass is 32.1. The first-order valence-electron chi connectivity index (χ1n) is 7.73. The van der Waals surface area contributed by atoms with Gasteiger partial charge in [-0.05, 0) is 22.4 Å². The Morgan fingerprint density at radius 1 is 1.22 bits per heavy atom. The topological polar surface area (TPSA) is 53.5 Å². The van der Waals surface area contributed by atoms with Gasteiger partial charge in [-0.2, -0.15) is 0 Å². The van der Waals surface area contributed by atoms with Gasteiger partial charge in [0.05, 0.1) is 11.4 Å². The quantitative estimate of drug-likeness (QED) is 0.887. The number of nitrogens with zero attached hydrogens (tertiary/aromatic N) is 1. The average molecular weight is 327 g/mol. The van der Waals surface area contributed by atoms with Gasteiger partial charge in [0.25, 0.3) is 5.91 Å². The monoisotopic (exact) mass is 327 g/mol. The minimum absolute atomic E-state index is 0.00312. The number of thiophene rings is 1. The molecule has 0 aliphatic carbocycles. The lowest BCUT2D eigenvalue weighted by molar-refractivity contribution is 0.0941. The van der Waals surface area contributed by atoms with Crippen LogP contribution in [0.1, 0.15) is 34.6 Å². The standard InChI is InChI=1S/C18H21N3OS/c1-18(2,12-21-17(22)15-8-5-9-23-15)11-20-16-14-7-4-3-6-13(14)10-19-16/h3-9H,10-12H2,1-2H3,(H,19,20)(H,21,22). The van der Waals surface area contributed by atoms with Crippen LogP contribution in [0, 0.1) is 5.41 Å². The van der Waals surface area contributed by atoms with Gasteiger partial charge in [-0.1, -0.05) is 44.2 Å². The van der Waals surface area contributed by atoms with Crippen LogP contribution in [0.15, 0.2) is 46.8 Å². The molecule has 0 atom stereocenters. The van der Waals surface area contributed by atoms with Gasteiger partial charge in [0, 0.05) is 18.7 Å². The van der Waals surface area contributed by atoms with Crippen molar-refractivity contribution in [2.75, 3.05) is 13.1 Å². The minimum atomic E-state index is -0.0625. The van der Waals surface area contributed by atoms with E-state index in [1.165, 1.54) is 22.5 Å². The Balaban J connectivity index is 1.52. The van der Waals surface area contributed by atoms with Gasteiger partial charge in [0.15, 0.2) is 0 Å². The maximum atomic E-state index is 12.0. The zero-order chi connectivity index (χ0) is 16.3. The lowest BCUT2D eigenvalue weighted by atomic mass is 9.93. The summed E-state index contributed by atoms with van der Waals surface area (Å²) in [4.78, 5) is 17.3. The maximum Gasteiger partial charge on any atom is 0.261 e. The van der Waals surface area contributed by atoms with E-state index >= 15 is 0 Å². The highest BCUT2D eigenvalue weighted by Gasteiger charge is 2.22. The molecule has 0 spiro atoms. The summed E-state index contributed by atoms with van der Waals surface area (Å²) in [5, 5.41) is 8.36. The Morgan fingerprint density at radius 2 is 2.04 bits per heavy atom. The fourth-order valence-electron chi connectivity index (χ4n) is 2.49. The number of benzene rings is 1. The summed E-state index contributed by atoms with van der Waals surface area (Å²) in [5.74, 6) is 0.954. The van der Waals surface area contributed by atoms with Gasteiger partial charge >= 0.3 is 0 Å². The SMILES string of the molecule is CC(C)(CNC(=O)c1cccs1)CNC1=NCc2ccccc21. The molecule has 0 bridgehead atoms. The predicted molar refractivity (Wildman–Crippen MR) is 95.1 cm³/mol. The Bertz CT molecular complexity index is 720. The molecule has 0 fully saturated rings. The zero-order valence-corrected chi connectivity index (χ0v) is 14.2. The third-order valence-electron chi connectivity index (χ3n) is 3.89. The van der Waals surface area contributed by atoms with Crippen molar-refractivity contribution in [1.82, 2.24) is 10.6 Å². The number of hydrogen-bond acceptors (Lipinski definition) is 4. The summed E-state index contributed by atoms with van der Waals surface area (Å²) < 4.78 is 0. The van der Waals surface area contributed by atoms with E-state index in [0.29, 0.717) is 6.54 Å². The van der Waals surface area contributed by atoms with Gasteiger partial charge in [-0.3, -0.25) is 9.79 Å². The fraction of sp³-hybridized carbons (Fsp3) is 0.333. The van der Waals surface area contributed by atoms with Crippen molar-refractivity contribution in [1.29, 1.82) is 0 Å². The minimum Gasteiger partial charge on any atom is -0.369 e. The van der Waals surface area contributed by atoms with Gasteiger partial charge in [0.2, 0.25) is 0 Å². The highest BCUT2D eigenvalue weighted by molar-refractivity contribution is 7.12.